The quantitative estimate of drug-likeness (QED) is 0.915. The van der Waals surface area contributed by atoms with Gasteiger partial charge in [-0.15, -0.1) is 0 Å². The Bertz CT molecular complexity index is 570. The Labute approximate surface area is 126 Å². The fourth-order valence-electron chi connectivity index (χ4n) is 3.09. The van der Waals surface area contributed by atoms with Crippen molar-refractivity contribution in [1.82, 2.24) is 4.98 Å². The summed E-state index contributed by atoms with van der Waals surface area (Å²) in [6.45, 7) is 0.657. The van der Waals surface area contributed by atoms with E-state index in [0.717, 1.165) is 25.0 Å². The lowest BCUT2D eigenvalue weighted by atomic mass is 9.81. The van der Waals surface area contributed by atoms with Gasteiger partial charge in [-0.05, 0) is 49.4 Å². The van der Waals surface area contributed by atoms with Crippen LogP contribution in [0, 0.1) is 0 Å². The largest absolute Gasteiger partial charge is 0.494 e. The first-order valence-corrected chi connectivity index (χ1v) is 7.72. The van der Waals surface area contributed by atoms with E-state index < -0.39 is 0 Å². The highest BCUT2D eigenvalue weighted by atomic mass is 16.5. The van der Waals surface area contributed by atoms with Gasteiger partial charge in [0.05, 0.1) is 6.61 Å². The maximum absolute atomic E-state index is 6.41. The Morgan fingerprint density at radius 3 is 2.90 bits per heavy atom. The zero-order valence-corrected chi connectivity index (χ0v) is 12.2. The van der Waals surface area contributed by atoms with Gasteiger partial charge >= 0.3 is 0 Å². The monoisotopic (exact) mass is 282 g/mol. The summed E-state index contributed by atoms with van der Waals surface area (Å²) in [7, 11) is 0. The SMILES string of the molecule is NC(CCOc1ccccc1)C1CCCc2cccnc21. The van der Waals surface area contributed by atoms with E-state index in [0.29, 0.717) is 12.5 Å². The van der Waals surface area contributed by atoms with Crippen molar-refractivity contribution in [3.8, 4) is 5.75 Å². The van der Waals surface area contributed by atoms with Crippen molar-refractivity contribution < 1.29 is 4.74 Å². The molecule has 21 heavy (non-hydrogen) atoms. The second-order valence-electron chi connectivity index (χ2n) is 5.66. The topological polar surface area (TPSA) is 48.1 Å². The third-order valence-corrected chi connectivity index (χ3v) is 4.22. The van der Waals surface area contributed by atoms with E-state index in [-0.39, 0.29) is 6.04 Å². The van der Waals surface area contributed by atoms with E-state index >= 15 is 0 Å². The third-order valence-electron chi connectivity index (χ3n) is 4.22. The lowest BCUT2D eigenvalue weighted by Gasteiger charge is -2.29. The van der Waals surface area contributed by atoms with Crippen molar-refractivity contribution in [2.75, 3.05) is 6.61 Å². The van der Waals surface area contributed by atoms with Gasteiger partial charge in [0.25, 0.3) is 0 Å². The normalized spacial score (nSPS) is 18.8. The molecule has 1 aromatic carbocycles. The summed E-state index contributed by atoms with van der Waals surface area (Å²) in [4.78, 5) is 4.57. The number of ether oxygens (including phenoxy) is 1. The average Bonchev–Trinajstić information content (AvgIpc) is 2.55. The van der Waals surface area contributed by atoms with E-state index in [1.807, 2.05) is 42.6 Å². The van der Waals surface area contributed by atoms with Crippen LogP contribution in [-0.4, -0.2) is 17.6 Å². The van der Waals surface area contributed by atoms with Crippen LogP contribution in [0.1, 0.15) is 36.4 Å². The van der Waals surface area contributed by atoms with Gasteiger partial charge < -0.3 is 10.5 Å². The third kappa shape index (κ3) is 3.42. The summed E-state index contributed by atoms with van der Waals surface area (Å²) in [6.07, 6.45) is 6.21. The Kier molecular flexibility index (Phi) is 4.51. The molecule has 2 aromatic rings. The van der Waals surface area contributed by atoms with Crippen molar-refractivity contribution in [1.29, 1.82) is 0 Å². The molecule has 1 aromatic heterocycles. The van der Waals surface area contributed by atoms with Crippen LogP contribution in [0.3, 0.4) is 0 Å². The Morgan fingerprint density at radius 2 is 2.05 bits per heavy atom. The first-order chi connectivity index (χ1) is 10.3. The molecule has 2 unspecified atom stereocenters. The first kappa shape index (κ1) is 14.1. The number of nitrogens with two attached hydrogens (primary N) is 1. The number of benzene rings is 1. The highest BCUT2D eigenvalue weighted by Crippen LogP contribution is 2.32. The summed E-state index contributed by atoms with van der Waals surface area (Å²) in [5.41, 5.74) is 8.98. The molecule has 1 aliphatic rings. The number of fused-ring (bicyclic) bond motifs is 1. The van der Waals surface area contributed by atoms with Crippen LogP contribution < -0.4 is 10.5 Å². The number of hydrogen-bond donors (Lipinski definition) is 1. The molecule has 2 N–H and O–H groups in total. The molecule has 3 nitrogen and oxygen atoms in total. The average molecular weight is 282 g/mol. The number of aryl methyl sites for hydroxylation is 1. The van der Waals surface area contributed by atoms with Gasteiger partial charge in [0.2, 0.25) is 0 Å². The van der Waals surface area contributed by atoms with E-state index in [4.69, 9.17) is 10.5 Å². The molecule has 0 bridgehead atoms. The molecule has 1 heterocycles. The molecule has 3 heteroatoms. The minimum atomic E-state index is 0.114. The minimum Gasteiger partial charge on any atom is -0.494 e. The molecule has 1 aliphatic carbocycles. The lowest BCUT2D eigenvalue weighted by Crippen LogP contribution is -2.33. The molecule has 3 rings (SSSR count). The summed E-state index contributed by atoms with van der Waals surface area (Å²) in [5, 5.41) is 0. The Hall–Kier alpha value is -1.87. The fourth-order valence-corrected chi connectivity index (χ4v) is 3.09. The summed E-state index contributed by atoms with van der Waals surface area (Å²) in [5.74, 6) is 1.28. The first-order valence-electron chi connectivity index (χ1n) is 7.72. The Morgan fingerprint density at radius 1 is 1.19 bits per heavy atom. The molecule has 0 saturated heterocycles. The van der Waals surface area contributed by atoms with Crippen LogP contribution in [0.25, 0.3) is 0 Å². The summed E-state index contributed by atoms with van der Waals surface area (Å²) >= 11 is 0. The van der Waals surface area contributed by atoms with Crippen molar-refractivity contribution in [3.63, 3.8) is 0 Å². The van der Waals surface area contributed by atoms with E-state index in [2.05, 4.69) is 11.1 Å². The second kappa shape index (κ2) is 6.72. The zero-order valence-electron chi connectivity index (χ0n) is 12.2. The van der Waals surface area contributed by atoms with Crippen molar-refractivity contribution in [2.45, 2.75) is 37.6 Å². The molecular formula is C18H22N2O. The fraction of sp³-hybridized carbons (Fsp3) is 0.389. The molecule has 0 aliphatic heterocycles. The molecule has 0 radical (unpaired) electrons. The minimum absolute atomic E-state index is 0.114. The summed E-state index contributed by atoms with van der Waals surface area (Å²) in [6, 6.07) is 14.2. The van der Waals surface area contributed by atoms with Crippen LogP contribution in [0.15, 0.2) is 48.7 Å². The van der Waals surface area contributed by atoms with Gasteiger partial charge in [0, 0.05) is 23.9 Å². The highest BCUT2D eigenvalue weighted by molar-refractivity contribution is 5.27. The zero-order chi connectivity index (χ0) is 14.5. The number of para-hydroxylation sites is 1. The van der Waals surface area contributed by atoms with Gasteiger partial charge in [-0.2, -0.15) is 0 Å². The maximum Gasteiger partial charge on any atom is 0.119 e. The second-order valence-corrected chi connectivity index (χ2v) is 5.66. The van der Waals surface area contributed by atoms with Crippen molar-refractivity contribution in [3.05, 3.63) is 59.9 Å². The predicted molar refractivity (Wildman–Crippen MR) is 84.4 cm³/mol. The number of pyridine rings is 1. The van der Waals surface area contributed by atoms with Gasteiger partial charge in [-0.1, -0.05) is 24.3 Å². The highest BCUT2D eigenvalue weighted by Gasteiger charge is 2.26. The maximum atomic E-state index is 6.41. The number of nitrogens with zero attached hydrogens (tertiary/aromatic N) is 1. The van der Waals surface area contributed by atoms with Crippen LogP contribution in [0.2, 0.25) is 0 Å². The van der Waals surface area contributed by atoms with Crippen molar-refractivity contribution >= 4 is 0 Å². The lowest BCUT2D eigenvalue weighted by molar-refractivity contribution is 0.282. The molecule has 0 saturated carbocycles. The van der Waals surface area contributed by atoms with Crippen LogP contribution in [0.4, 0.5) is 0 Å². The van der Waals surface area contributed by atoms with E-state index in [9.17, 15) is 0 Å². The number of rotatable bonds is 5. The molecule has 0 amide bonds. The van der Waals surface area contributed by atoms with Gasteiger partial charge in [-0.3, -0.25) is 4.98 Å². The van der Waals surface area contributed by atoms with Crippen LogP contribution in [0.5, 0.6) is 5.75 Å². The van der Waals surface area contributed by atoms with Crippen LogP contribution >= 0.6 is 0 Å². The van der Waals surface area contributed by atoms with Crippen molar-refractivity contribution in [2.24, 2.45) is 5.73 Å². The van der Waals surface area contributed by atoms with E-state index in [1.54, 1.807) is 0 Å². The smallest absolute Gasteiger partial charge is 0.119 e. The van der Waals surface area contributed by atoms with Crippen LogP contribution in [-0.2, 0) is 6.42 Å². The van der Waals surface area contributed by atoms with Gasteiger partial charge in [-0.25, -0.2) is 0 Å². The van der Waals surface area contributed by atoms with Gasteiger partial charge in [0.15, 0.2) is 0 Å². The standard InChI is InChI=1S/C18H22N2O/c19-17(11-13-21-15-8-2-1-3-9-15)16-10-4-6-14-7-5-12-20-18(14)16/h1-3,5,7-9,12,16-17H,4,6,10-11,13,19H2. The molecular weight excluding hydrogens is 260 g/mol. The van der Waals surface area contributed by atoms with E-state index in [1.165, 1.54) is 17.7 Å². The molecule has 2 atom stereocenters. The van der Waals surface area contributed by atoms with Gasteiger partial charge in [0.1, 0.15) is 5.75 Å². The molecule has 0 fully saturated rings. The molecule has 0 spiro atoms. The predicted octanol–water partition coefficient (Wildman–Crippen LogP) is 3.30. The Balaban J connectivity index is 1.58. The summed E-state index contributed by atoms with van der Waals surface area (Å²) < 4.78 is 5.76. The number of aromatic nitrogens is 1. The molecule has 110 valence electrons. The number of hydrogen-bond acceptors (Lipinski definition) is 3.